The van der Waals surface area contributed by atoms with Crippen LogP contribution in [-0.4, -0.2) is 45.8 Å². The van der Waals surface area contributed by atoms with Crippen LogP contribution in [-0.2, 0) is 17.4 Å². The third kappa shape index (κ3) is 5.75. The molecule has 0 radical (unpaired) electrons. The maximum atomic E-state index is 12.7. The number of thiazole rings is 1. The van der Waals surface area contributed by atoms with Gasteiger partial charge < -0.3 is 10.2 Å². The highest BCUT2D eigenvalue weighted by atomic mass is 32.1. The van der Waals surface area contributed by atoms with Gasteiger partial charge in [-0.2, -0.15) is 13.2 Å². The molecule has 1 aliphatic rings. The molecule has 1 aliphatic heterocycles. The summed E-state index contributed by atoms with van der Waals surface area (Å²) < 4.78 is 38.2. The summed E-state index contributed by atoms with van der Waals surface area (Å²) in [5, 5.41) is 5.30. The third-order valence-corrected chi connectivity index (χ3v) is 6.37. The van der Waals surface area contributed by atoms with Gasteiger partial charge >= 0.3 is 6.18 Å². The normalized spacial score (nSPS) is 14.8. The van der Waals surface area contributed by atoms with Gasteiger partial charge in [0.1, 0.15) is 5.01 Å². The number of hydrogen-bond acceptors (Lipinski definition) is 5. The molecule has 0 spiro atoms. The van der Waals surface area contributed by atoms with Crippen LogP contribution in [0.3, 0.4) is 0 Å². The molecule has 172 valence electrons. The van der Waals surface area contributed by atoms with Gasteiger partial charge in [-0.15, -0.1) is 11.3 Å². The molecule has 6 nitrogen and oxygen atoms in total. The minimum Gasteiger partial charge on any atom is -0.353 e. The molecule has 0 unspecified atom stereocenters. The van der Waals surface area contributed by atoms with Crippen LogP contribution in [0, 0.1) is 0 Å². The molecule has 2 aromatic heterocycles. The molecule has 2 amide bonds. The van der Waals surface area contributed by atoms with Gasteiger partial charge in [0.25, 0.3) is 5.91 Å². The number of pyridine rings is 1. The Morgan fingerprint density at radius 2 is 1.73 bits per heavy atom. The Bertz CT molecular complexity index is 1110. The van der Waals surface area contributed by atoms with Crippen molar-refractivity contribution < 1.29 is 22.8 Å². The molecule has 0 saturated carbocycles. The van der Waals surface area contributed by atoms with Crippen molar-refractivity contribution >= 4 is 23.2 Å². The van der Waals surface area contributed by atoms with Gasteiger partial charge in [-0.25, -0.2) is 4.98 Å². The van der Waals surface area contributed by atoms with Gasteiger partial charge in [0.2, 0.25) is 5.91 Å². The predicted molar refractivity (Wildman–Crippen MR) is 118 cm³/mol. The summed E-state index contributed by atoms with van der Waals surface area (Å²) in [5.74, 6) is -0.210. The maximum absolute atomic E-state index is 12.7. The smallest absolute Gasteiger partial charge is 0.353 e. The van der Waals surface area contributed by atoms with Gasteiger partial charge in [-0.05, 0) is 37.1 Å². The zero-order valence-electron chi connectivity index (χ0n) is 17.5. The second-order valence-electron chi connectivity index (χ2n) is 7.77. The van der Waals surface area contributed by atoms with Gasteiger partial charge in [0.15, 0.2) is 0 Å². The summed E-state index contributed by atoms with van der Waals surface area (Å²) in [6.45, 7) is 1.11. The first kappa shape index (κ1) is 22.9. The molecular formula is C23H21F3N4O2S. The lowest BCUT2D eigenvalue weighted by atomic mass is 10.0. The van der Waals surface area contributed by atoms with E-state index in [-0.39, 0.29) is 24.3 Å². The van der Waals surface area contributed by atoms with E-state index < -0.39 is 11.7 Å². The monoisotopic (exact) mass is 474 g/mol. The Morgan fingerprint density at radius 3 is 2.36 bits per heavy atom. The number of aromatic nitrogens is 2. The molecule has 3 heterocycles. The van der Waals surface area contributed by atoms with Gasteiger partial charge in [0.05, 0.1) is 17.7 Å². The molecule has 0 bridgehead atoms. The lowest BCUT2D eigenvalue weighted by molar-refractivity contribution is -0.137. The van der Waals surface area contributed by atoms with Gasteiger partial charge in [0, 0.05) is 48.0 Å². The summed E-state index contributed by atoms with van der Waals surface area (Å²) in [4.78, 5) is 35.0. The SMILES string of the molecule is O=C(Cc1csc(-c2ccc(C(F)(F)F)cc2)n1)NC1CCN(C(=O)c2ccncc2)CC1. The standard InChI is InChI=1S/C23H21F3N4O2S/c24-23(25,26)17-3-1-15(2-4-17)21-29-19(14-33-21)13-20(31)28-18-7-11-30(12-8-18)22(32)16-5-9-27-10-6-16/h1-6,9-10,14,18H,7-8,11-13H2,(H,28,31). The number of likely N-dealkylation sites (tertiary alicyclic amines) is 1. The number of halogens is 3. The zero-order chi connectivity index (χ0) is 23.4. The number of piperidine rings is 1. The average Bonchev–Trinajstić information content (AvgIpc) is 3.27. The number of alkyl halides is 3. The molecule has 1 aromatic carbocycles. The second-order valence-corrected chi connectivity index (χ2v) is 8.62. The molecule has 33 heavy (non-hydrogen) atoms. The summed E-state index contributed by atoms with van der Waals surface area (Å²) in [6.07, 6.45) is 0.205. The van der Waals surface area contributed by atoms with E-state index in [2.05, 4.69) is 15.3 Å². The Morgan fingerprint density at radius 1 is 1.06 bits per heavy atom. The zero-order valence-corrected chi connectivity index (χ0v) is 18.3. The predicted octanol–water partition coefficient (Wildman–Crippen LogP) is 4.19. The summed E-state index contributed by atoms with van der Waals surface area (Å²) in [6, 6.07) is 8.15. The number of carbonyl (C=O) groups excluding carboxylic acids is 2. The Hall–Kier alpha value is -3.27. The fourth-order valence-electron chi connectivity index (χ4n) is 3.67. The van der Waals surface area contributed by atoms with Gasteiger partial charge in [-0.1, -0.05) is 12.1 Å². The minimum atomic E-state index is -4.38. The first-order valence-electron chi connectivity index (χ1n) is 10.4. The van der Waals surface area contributed by atoms with E-state index in [0.717, 1.165) is 12.1 Å². The van der Waals surface area contributed by atoms with Crippen LogP contribution in [0.4, 0.5) is 13.2 Å². The number of benzene rings is 1. The number of carbonyl (C=O) groups is 2. The summed E-state index contributed by atoms with van der Waals surface area (Å²) in [5.41, 5.74) is 1.03. The van der Waals surface area contributed by atoms with Gasteiger partial charge in [-0.3, -0.25) is 14.6 Å². The van der Waals surface area contributed by atoms with Crippen LogP contribution in [0.5, 0.6) is 0 Å². The van der Waals surface area contributed by atoms with Crippen LogP contribution >= 0.6 is 11.3 Å². The number of hydrogen-bond donors (Lipinski definition) is 1. The molecule has 1 N–H and O–H groups in total. The number of nitrogens with zero attached hydrogens (tertiary/aromatic N) is 3. The van der Waals surface area contributed by atoms with Crippen molar-refractivity contribution in [3.8, 4) is 10.6 Å². The molecule has 0 aliphatic carbocycles. The minimum absolute atomic E-state index is 0.0213. The van der Waals surface area contributed by atoms with Crippen LogP contribution in [0.25, 0.3) is 10.6 Å². The molecule has 4 rings (SSSR count). The average molecular weight is 475 g/mol. The van der Waals surface area contributed by atoms with Crippen molar-refractivity contribution in [2.45, 2.75) is 31.5 Å². The Labute approximate surface area is 192 Å². The first-order chi connectivity index (χ1) is 15.8. The molecule has 10 heteroatoms. The van der Waals surface area contributed by atoms with E-state index in [1.54, 1.807) is 34.8 Å². The lowest BCUT2D eigenvalue weighted by Gasteiger charge is -2.32. The van der Waals surface area contributed by atoms with Crippen molar-refractivity contribution in [1.29, 1.82) is 0 Å². The van der Waals surface area contributed by atoms with Crippen molar-refractivity contribution in [2.75, 3.05) is 13.1 Å². The van der Waals surface area contributed by atoms with E-state index in [1.165, 1.54) is 23.5 Å². The molecular weight excluding hydrogens is 453 g/mol. The lowest BCUT2D eigenvalue weighted by Crippen LogP contribution is -2.46. The largest absolute Gasteiger partial charge is 0.416 e. The van der Waals surface area contributed by atoms with E-state index in [9.17, 15) is 22.8 Å². The number of rotatable bonds is 5. The third-order valence-electron chi connectivity index (χ3n) is 5.43. The quantitative estimate of drug-likeness (QED) is 0.602. The molecule has 0 atom stereocenters. The van der Waals surface area contributed by atoms with Crippen LogP contribution in [0.15, 0.2) is 54.2 Å². The highest BCUT2D eigenvalue weighted by Gasteiger charge is 2.30. The van der Waals surface area contributed by atoms with Crippen molar-refractivity contribution in [3.05, 3.63) is 71.0 Å². The van der Waals surface area contributed by atoms with E-state index in [4.69, 9.17) is 0 Å². The van der Waals surface area contributed by atoms with E-state index >= 15 is 0 Å². The molecule has 1 fully saturated rings. The molecule has 1 saturated heterocycles. The molecule has 3 aromatic rings. The van der Waals surface area contributed by atoms with E-state index in [0.29, 0.717) is 47.8 Å². The highest BCUT2D eigenvalue weighted by molar-refractivity contribution is 7.13. The Kier molecular flexibility index (Phi) is 6.73. The fourth-order valence-corrected chi connectivity index (χ4v) is 4.50. The highest BCUT2D eigenvalue weighted by Crippen LogP contribution is 2.31. The Balaban J connectivity index is 1.27. The second kappa shape index (κ2) is 9.70. The first-order valence-corrected chi connectivity index (χ1v) is 11.3. The van der Waals surface area contributed by atoms with Crippen molar-refractivity contribution in [2.24, 2.45) is 0 Å². The topological polar surface area (TPSA) is 75.2 Å². The van der Waals surface area contributed by atoms with Crippen molar-refractivity contribution in [3.63, 3.8) is 0 Å². The summed E-state index contributed by atoms with van der Waals surface area (Å²) >= 11 is 1.28. The maximum Gasteiger partial charge on any atom is 0.416 e. The van der Waals surface area contributed by atoms with E-state index in [1.807, 2.05) is 0 Å². The number of amides is 2. The van der Waals surface area contributed by atoms with Crippen LogP contribution in [0.1, 0.15) is 34.5 Å². The summed E-state index contributed by atoms with van der Waals surface area (Å²) in [7, 11) is 0. The number of nitrogens with one attached hydrogen (secondary N) is 1. The van der Waals surface area contributed by atoms with Crippen LogP contribution in [0.2, 0.25) is 0 Å². The van der Waals surface area contributed by atoms with Crippen molar-refractivity contribution in [1.82, 2.24) is 20.2 Å². The van der Waals surface area contributed by atoms with Crippen LogP contribution < -0.4 is 5.32 Å². The fraction of sp³-hybridized carbons (Fsp3) is 0.304.